The highest BCUT2D eigenvalue weighted by molar-refractivity contribution is 9.10. The van der Waals surface area contributed by atoms with Crippen molar-refractivity contribution in [2.24, 2.45) is 0 Å². The first-order valence-corrected chi connectivity index (χ1v) is 10.5. The molecule has 1 aromatic heterocycles. The molecule has 1 saturated heterocycles. The summed E-state index contributed by atoms with van der Waals surface area (Å²) in [7, 11) is 0. The molecule has 0 saturated carbocycles. The van der Waals surface area contributed by atoms with Gasteiger partial charge in [0.05, 0.1) is 5.52 Å². The smallest absolute Gasteiger partial charge is 0.320 e. The molecule has 4 N–H and O–H groups in total. The highest BCUT2D eigenvalue weighted by atomic mass is 79.9. The van der Waals surface area contributed by atoms with Crippen molar-refractivity contribution < 1.29 is 24.2 Å². The van der Waals surface area contributed by atoms with Crippen LogP contribution in [0.4, 0.5) is 5.69 Å². The van der Waals surface area contributed by atoms with Crippen LogP contribution in [0.1, 0.15) is 20.3 Å². The average Bonchev–Trinajstić information content (AvgIpc) is 2.64. The molecule has 0 spiro atoms. The Labute approximate surface area is 194 Å². The van der Waals surface area contributed by atoms with Crippen molar-refractivity contribution in [2.45, 2.75) is 26.1 Å². The van der Waals surface area contributed by atoms with Crippen LogP contribution < -0.4 is 11.3 Å². The number of esters is 2. The number of pyridine rings is 1. The zero-order chi connectivity index (χ0) is 23.2. The normalized spacial score (nSPS) is 14.3. The molecular formula is C21H20Br2N2O6. The maximum atomic E-state index is 11.0. The van der Waals surface area contributed by atoms with Crippen LogP contribution in [-0.4, -0.2) is 27.8 Å². The van der Waals surface area contributed by atoms with Crippen molar-refractivity contribution in [1.29, 1.82) is 0 Å². The topological polar surface area (TPSA) is 132 Å². The number of H-pyrrole nitrogens is 1. The number of nitrogens with two attached hydrogens (primary N) is 1. The lowest BCUT2D eigenvalue weighted by Gasteiger charge is -2.28. The molecule has 8 nitrogen and oxygen atoms in total. The molecule has 1 aliphatic rings. The van der Waals surface area contributed by atoms with Gasteiger partial charge in [0.25, 0.3) is 11.3 Å². The first kappa shape index (κ1) is 24.4. The van der Waals surface area contributed by atoms with E-state index in [1.165, 1.54) is 13.8 Å². The third kappa shape index (κ3) is 8.06. The number of fused-ring (bicyclic) bond motifs is 1. The number of halogens is 2. The van der Waals surface area contributed by atoms with Gasteiger partial charge in [-0.15, -0.1) is 0 Å². The maximum Gasteiger partial charge on any atom is 0.320 e. The van der Waals surface area contributed by atoms with E-state index in [1.807, 2.05) is 24.3 Å². The lowest BCUT2D eigenvalue weighted by molar-refractivity contribution is -0.231. The van der Waals surface area contributed by atoms with E-state index in [0.29, 0.717) is 10.9 Å². The monoisotopic (exact) mass is 554 g/mol. The standard InChI is InChI=1S/C9H6BrNO2.C6H6BrN.C6H8O4/c10-5-1-2-7-6(3-5)8(12)4-9(13)11-7;7-5-1-3-6(8)4-2-5;1-6(2)9-4(7)3-5(8)10-6/h1-4H,(H2,11,12,13);1-4H,8H2;3H2,1-2H3. The molecule has 3 aromatic rings. The molecule has 0 aliphatic carbocycles. The number of ether oxygens (including phenoxy) is 2. The molecule has 0 atom stereocenters. The van der Waals surface area contributed by atoms with Crippen LogP contribution in [0.2, 0.25) is 0 Å². The molecule has 10 heteroatoms. The molecule has 4 rings (SSSR count). The summed E-state index contributed by atoms with van der Waals surface area (Å²) >= 11 is 6.57. The van der Waals surface area contributed by atoms with E-state index in [1.54, 1.807) is 18.2 Å². The van der Waals surface area contributed by atoms with Crippen LogP contribution in [0.5, 0.6) is 5.75 Å². The van der Waals surface area contributed by atoms with Crippen molar-refractivity contribution in [1.82, 2.24) is 4.98 Å². The lowest BCUT2D eigenvalue weighted by atomic mass is 10.2. The molecule has 1 aliphatic heterocycles. The fourth-order valence-corrected chi connectivity index (χ4v) is 3.06. The number of cyclic esters (lactones) is 2. The summed E-state index contributed by atoms with van der Waals surface area (Å²) in [5.41, 5.74) is 6.54. The van der Waals surface area contributed by atoms with Crippen molar-refractivity contribution in [3.05, 3.63) is 67.8 Å². The highest BCUT2D eigenvalue weighted by Gasteiger charge is 2.34. The molecule has 0 unspecified atom stereocenters. The summed E-state index contributed by atoms with van der Waals surface area (Å²) in [6.07, 6.45) is -0.274. The number of aromatic nitrogens is 1. The number of aromatic hydroxyl groups is 1. The van der Waals surface area contributed by atoms with Crippen LogP contribution >= 0.6 is 31.9 Å². The van der Waals surface area contributed by atoms with Gasteiger partial charge in [-0.05, 0) is 42.5 Å². The van der Waals surface area contributed by atoms with Gasteiger partial charge < -0.3 is 25.3 Å². The third-order valence-electron chi connectivity index (χ3n) is 3.66. The Hall–Kier alpha value is -2.85. The summed E-state index contributed by atoms with van der Waals surface area (Å²) in [6.45, 7) is 3.03. The van der Waals surface area contributed by atoms with E-state index in [9.17, 15) is 19.5 Å². The fourth-order valence-electron chi connectivity index (χ4n) is 2.43. The van der Waals surface area contributed by atoms with Gasteiger partial charge in [-0.25, -0.2) is 0 Å². The highest BCUT2D eigenvalue weighted by Crippen LogP contribution is 2.24. The molecule has 0 amide bonds. The first-order valence-electron chi connectivity index (χ1n) is 8.91. The predicted octanol–water partition coefficient (Wildman–Crippen LogP) is 4.24. The number of hydrogen-bond acceptors (Lipinski definition) is 7. The van der Waals surface area contributed by atoms with Gasteiger partial charge >= 0.3 is 11.9 Å². The Morgan fingerprint density at radius 1 is 0.935 bits per heavy atom. The van der Waals surface area contributed by atoms with E-state index in [0.717, 1.165) is 20.7 Å². The zero-order valence-corrected chi connectivity index (χ0v) is 19.8. The van der Waals surface area contributed by atoms with Crippen molar-refractivity contribution in [3.63, 3.8) is 0 Å². The van der Waals surface area contributed by atoms with Gasteiger partial charge in [0, 0.05) is 39.9 Å². The Balaban J connectivity index is 0.000000171. The van der Waals surface area contributed by atoms with Gasteiger partial charge in [-0.3, -0.25) is 14.4 Å². The van der Waals surface area contributed by atoms with Gasteiger partial charge in [0.15, 0.2) is 0 Å². The summed E-state index contributed by atoms with van der Waals surface area (Å²) in [6, 6.07) is 14.0. The number of carbonyl (C=O) groups is 2. The quantitative estimate of drug-likeness (QED) is 0.215. The minimum atomic E-state index is -1.08. The second-order valence-corrected chi connectivity index (χ2v) is 8.62. The average molecular weight is 556 g/mol. The molecule has 2 aromatic carbocycles. The van der Waals surface area contributed by atoms with Crippen molar-refractivity contribution >= 4 is 60.4 Å². The van der Waals surface area contributed by atoms with Gasteiger partial charge in [-0.1, -0.05) is 31.9 Å². The molecule has 31 heavy (non-hydrogen) atoms. The van der Waals surface area contributed by atoms with Crippen LogP contribution in [0, 0.1) is 0 Å². The summed E-state index contributed by atoms with van der Waals surface area (Å²) in [4.78, 5) is 34.7. The number of aromatic amines is 1. The molecule has 164 valence electrons. The number of nitrogen functional groups attached to an aromatic ring is 1. The summed E-state index contributed by atoms with van der Waals surface area (Å²) in [5.74, 6) is -2.13. The minimum Gasteiger partial charge on any atom is -0.507 e. The van der Waals surface area contributed by atoms with Gasteiger partial charge in [0.2, 0.25) is 0 Å². The van der Waals surface area contributed by atoms with E-state index in [2.05, 4.69) is 46.3 Å². The Morgan fingerprint density at radius 2 is 1.48 bits per heavy atom. The van der Waals surface area contributed by atoms with Crippen molar-refractivity contribution in [3.8, 4) is 5.75 Å². The predicted molar refractivity (Wildman–Crippen MR) is 123 cm³/mol. The Morgan fingerprint density at radius 3 is 2.00 bits per heavy atom. The fraction of sp³-hybridized carbons (Fsp3) is 0.190. The van der Waals surface area contributed by atoms with E-state index >= 15 is 0 Å². The van der Waals surface area contributed by atoms with E-state index in [-0.39, 0.29) is 17.7 Å². The number of rotatable bonds is 0. The molecular weight excluding hydrogens is 536 g/mol. The van der Waals surface area contributed by atoms with Crippen LogP contribution in [0.15, 0.2) is 62.3 Å². The SMILES string of the molecule is CC1(C)OC(=O)CC(=O)O1.Nc1ccc(Br)cc1.O=c1cc(O)c2cc(Br)ccc2[nH]1. The lowest BCUT2D eigenvalue weighted by Crippen LogP contribution is -2.39. The Bertz CT molecular complexity index is 1100. The number of nitrogens with one attached hydrogen (secondary N) is 1. The summed E-state index contributed by atoms with van der Waals surface area (Å²) < 4.78 is 11.2. The molecule has 0 radical (unpaired) electrons. The zero-order valence-electron chi connectivity index (χ0n) is 16.6. The maximum absolute atomic E-state index is 11.0. The van der Waals surface area contributed by atoms with Gasteiger partial charge in [-0.2, -0.15) is 0 Å². The number of carbonyl (C=O) groups excluding carboxylic acids is 2. The number of anilines is 1. The summed E-state index contributed by atoms with van der Waals surface area (Å²) in [5, 5.41) is 10.1. The second kappa shape index (κ2) is 10.5. The third-order valence-corrected chi connectivity index (χ3v) is 4.68. The van der Waals surface area contributed by atoms with E-state index < -0.39 is 17.7 Å². The first-order chi connectivity index (χ1) is 14.4. The van der Waals surface area contributed by atoms with Crippen LogP contribution in [0.25, 0.3) is 10.9 Å². The number of benzene rings is 2. The van der Waals surface area contributed by atoms with Crippen LogP contribution in [-0.2, 0) is 19.1 Å². The van der Waals surface area contributed by atoms with E-state index in [4.69, 9.17) is 5.73 Å². The van der Waals surface area contributed by atoms with Gasteiger partial charge in [0.1, 0.15) is 12.2 Å². The van der Waals surface area contributed by atoms with Crippen molar-refractivity contribution in [2.75, 3.05) is 5.73 Å². The van der Waals surface area contributed by atoms with Crippen LogP contribution in [0.3, 0.4) is 0 Å². The largest absolute Gasteiger partial charge is 0.507 e. The second-order valence-electron chi connectivity index (χ2n) is 6.79. The molecule has 1 fully saturated rings. The Kier molecular flexibility index (Phi) is 8.23. The molecule has 2 heterocycles. The minimum absolute atomic E-state index is 0.0000463. The number of hydrogen-bond donors (Lipinski definition) is 3. The molecule has 0 bridgehead atoms.